The van der Waals surface area contributed by atoms with Gasteiger partial charge in [-0.15, -0.1) is 0 Å². The third-order valence-corrected chi connectivity index (χ3v) is 7.27. The van der Waals surface area contributed by atoms with Gasteiger partial charge >= 0.3 is 0 Å². The van der Waals surface area contributed by atoms with Crippen LogP contribution in [0, 0.1) is 0 Å². The molecule has 0 saturated carbocycles. The van der Waals surface area contributed by atoms with Crippen LogP contribution in [0.25, 0.3) is 0 Å². The second kappa shape index (κ2) is 8.88. The van der Waals surface area contributed by atoms with Crippen LogP contribution in [0.5, 0.6) is 0 Å². The maximum atomic E-state index is 12.9. The fourth-order valence-corrected chi connectivity index (χ4v) is 5.13. The number of nitrogens with zero attached hydrogens (tertiary/aromatic N) is 2. The van der Waals surface area contributed by atoms with Crippen LogP contribution < -0.4 is 5.43 Å². The summed E-state index contributed by atoms with van der Waals surface area (Å²) in [6, 6.07) is 13.1. The summed E-state index contributed by atoms with van der Waals surface area (Å²) in [5.41, 5.74) is 4.60. The Morgan fingerprint density at radius 2 is 1.77 bits per heavy atom. The number of hydrogen-bond acceptors (Lipinski definition) is 4. The number of hydrazone groups is 1. The molecule has 2 aromatic rings. The van der Waals surface area contributed by atoms with Gasteiger partial charge in [-0.3, -0.25) is 4.79 Å². The minimum atomic E-state index is -3.78. The summed E-state index contributed by atoms with van der Waals surface area (Å²) in [4.78, 5) is 12.7. The molecule has 0 aromatic heterocycles. The molecule has 3 rings (SSSR count). The third-order valence-electron chi connectivity index (χ3n) is 5.09. The quantitative estimate of drug-likeness (QED) is 0.557. The van der Waals surface area contributed by atoms with E-state index < -0.39 is 22.0 Å². The number of sulfonamides is 1. The van der Waals surface area contributed by atoms with Gasteiger partial charge in [-0.1, -0.05) is 56.6 Å². The average molecular weight is 448 g/mol. The molecule has 0 radical (unpaired) electrons. The molecule has 160 valence electrons. The van der Waals surface area contributed by atoms with E-state index in [0.717, 1.165) is 5.56 Å². The van der Waals surface area contributed by atoms with Crippen molar-refractivity contribution in [1.29, 1.82) is 0 Å². The first-order valence-electron chi connectivity index (χ1n) is 9.80. The lowest BCUT2D eigenvalue weighted by Gasteiger charge is -2.22. The molecule has 0 bridgehead atoms. The predicted octanol–water partition coefficient (Wildman–Crippen LogP) is 3.94. The molecular weight excluding hydrogens is 422 g/mol. The Morgan fingerprint density at radius 1 is 1.13 bits per heavy atom. The van der Waals surface area contributed by atoms with Gasteiger partial charge in [0.2, 0.25) is 10.0 Å². The van der Waals surface area contributed by atoms with Crippen molar-refractivity contribution in [2.24, 2.45) is 5.10 Å². The van der Waals surface area contributed by atoms with E-state index in [4.69, 9.17) is 11.6 Å². The Morgan fingerprint density at radius 3 is 2.37 bits per heavy atom. The van der Waals surface area contributed by atoms with Crippen molar-refractivity contribution >= 4 is 33.7 Å². The first-order chi connectivity index (χ1) is 14.1. The standard InChI is InChI=1S/C22H26ClN3O3S/c1-22(2,3)17-8-6-16(7-9-17)15-24-25-21(27)20-5-4-14-26(20)30(28,29)19-12-10-18(23)11-13-19/h6-13,15,20H,4-5,14H2,1-3H3,(H,25,27)/b24-15+. The minimum absolute atomic E-state index is 0.0609. The molecule has 1 aliphatic heterocycles. The summed E-state index contributed by atoms with van der Waals surface area (Å²) in [5, 5.41) is 4.47. The van der Waals surface area contributed by atoms with E-state index in [1.165, 1.54) is 34.1 Å². The Hall–Kier alpha value is -2.22. The highest BCUT2D eigenvalue weighted by atomic mass is 35.5. The van der Waals surface area contributed by atoms with E-state index in [1.54, 1.807) is 6.21 Å². The zero-order valence-electron chi connectivity index (χ0n) is 17.3. The van der Waals surface area contributed by atoms with Gasteiger partial charge < -0.3 is 0 Å². The zero-order chi connectivity index (χ0) is 21.9. The molecule has 1 unspecified atom stereocenters. The summed E-state index contributed by atoms with van der Waals surface area (Å²) in [6.07, 6.45) is 2.62. The summed E-state index contributed by atoms with van der Waals surface area (Å²) in [6.45, 7) is 6.71. The zero-order valence-corrected chi connectivity index (χ0v) is 18.9. The Labute approximate surface area is 183 Å². The van der Waals surface area contributed by atoms with Crippen molar-refractivity contribution in [2.45, 2.75) is 50.0 Å². The van der Waals surface area contributed by atoms with Crippen LogP contribution in [0.15, 0.2) is 58.5 Å². The monoisotopic (exact) mass is 447 g/mol. The lowest BCUT2D eigenvalue weighted by molar-refractivity contribution is -0.124. The number of halogens is 1. The lowest BCUT2D eigenvalue weighted by Crippen LogP contribution is -2.44. The molecule has 1 N–H and O–H groups in total. The fourth-order valence-electron chi connectivity index (χ4n) is 3.35. The van der Waals surface area contributed by atoms with Crippen molar-refractivity contribution in [3.8, 4) is 0 Å². The minimum Gasteiger partial charge on any atom is -0.271 e. The van der Waals surface area contributed by atoms with E-state index in [2.05, 4.69) is 31.3 Å². The van der Waals surface area contributed by atoms with Gasteiger partial charge in [0.05, 0.1) is 11.1 Å². The molecule has 1 atom stereocenters. The molecule has 8 heteroatoms. The van der Waals surface area contributed by atoms with Crippen LogP contribution in [0.3, 0.4) is 0 Å². The van der Waals surface area contributed by atoms with Crippen LogP contribution in [-0.4, -0.2) is 37.4 Å². The second-order valence-corrected chi connectivity index (χ2v) is 10.7. The Balaban J connectivity index is 1.67. The number of carbonyl (C=O) groups excluding carboxylic acids is 1. The van der Waals surface area contributed by atoms with Crippen molar-refractivity contribution in [2.75, 3.05) is 6.54 Å². The summed E-state index contributed by atoms with van der Waals surface area (Å²) in [5.74, 6) is -0.437. The van der Waals surface area contributed by atoms with Gasteiger partial charge in [0.1, 0.15) is 6.04 Å². The summed E-state index contributed by atoms with van der Waals surface area (Å²) < 4.78 is 27.1. The second-order valence-electron chi connectivity index (χ2n) is 8.33. The molecule has 1 aliphatic rings. The lowest BCUT2D eigenvalue weighted by atomic mass is 9.87. The van der Waals surface area contributed by atoms with Crippen LogP contribution in [0.4, 0.5) is 0 Å². The summed E-state index contributed by atoms with van der Waals surface area (Å²) >= 11 is 5.85. The normalized spacial score (nSPS) is 18.1. The van der Waals surface area contributed by atoms with E-state index in [0.29, 0.717) is 24.4 Å². The first-order valence-corrected chi connectivity index (χ1v) is 11.6. The third kappa shape index (κ3) is 5.09. The maximum absolute atomic E-state index is 12.9. The van der Waals surface area contributed by atoms with E-state index in [9.17, 15) is 13.2 Å². The number of rotatable bonds is 5. The molecule has 6 nitrogen and oxygen atoms in total. The van der Waals surface area contributed by atoms with E-state index >= 15 is 0 Å². The number of amides is 1. The van der Waals surface area contributed by atoms with Crippen LogP contribution in [0.1, 0.15) is 44.7 Å². The number of nitrogens with one attached hydrogen (secondary N) is 1. The molecule has 1 fully saturated rings. The van der Waals surface area contributed by atoms with Crippen molar-refractivity contribution in [3.63, 3.8) is 0 Å². The van der Waals surface area contributed by atoms with E-state index in [-0.39, 0.29) is 10.3 Å². The van der Waals surface area contributed by atoms with Gasteiger partial charge in [0, 0.05) is 11.6 Å². The van der Waals surface area contributed by atoms with Crippen molar-refractivity contribution in [3.05, 3.63) is 64.7 Å². The predicted molar refractivity (Wildman–Crippen MR) is 119 cm³/mol. The smallest absolute Gasteiger partial charge is 0.258 e. The highest BCUT2D eigenvalue weighted by Crippen LogP contribution is 2.27. The molecule has 0 aliphatic carbocycles. The van der Waals surface area contributed by atoms with Crippen LogP contribution in [0.2, 0.25) is 5.02 Å². The van der Waals surface area contributed by atoms with Gasteiger partial charge in [0.25, 0.3) is 5.91 Å². The molecule has 1 amide bonds. The van der Waals surface area contributed by atoms with Crippen LogP contribution >= 0.6 is 11.6 Å². The average Bonchev–Trinajstić information content (AvgIpc) is 3.19. The topological polar surface area (TPSA) is 78.8 Å². The molecule has 0 spiro atoms. The molecule has 30 heavy (non-hydrogen) atoms. The van der Waals surface area contributed by atoms with Crippen LogP contribution in [-0.2, 0) is 20.2 Å². The van der Waals surface area contributed by atoms with E-state index in [1.807, 2.05) is 24.3 Å². The number of carbonyl (C=O) groups is 1. The Kier molecular flexibility index (Phi) is 6.65. The highest BCUT2D eigenvalue weighted by molar-refractivity contribution is 7.89. The van der Waals surface area contributed by atoms with Crippen molar-refractivity contribution in [1.82, 2.24) is 9.73 Å². The molecule has 1 saturated heterocycles. The number of hydrogen-bond donors (Lipinski definition) is 1. The maximum Gasteiger partial charge on any atom is 0.258 e. The summed E-state index contributed by atoms with van der Waals surface area (Å²) in [7, 11) is -3.78. The molecular formula is C22H26ClN3O3S. The van der Waals surface area contributed by atoms with Gasteiger partial charge in [0.15, 0.2) is 0 Å². The van der Waals surface area contributed by atoms with Gasteiger partial charge in [-0.2, -0.15) is 9.41 Å². The van der Waals surface area contributed by atoms with Gasteiger partial charge in [-0.05, 0) is 53.6 Å². The number of benzene rings is 2. The highest BCUT2D eigenvalue weighted by Gasteiger charge is 2.39. The van der Waals surface area contributed by atoms with Gasteiger partial charge in [-0.25, -0.2) is 13.8 Å². The molecule has 1 heterocycles. The molecule has 2 aromatic carbocycles. The SMILES string of the molecule is CC(C)(C)c1ccc(/C=N/NC(=O)C2CCCN2S(=O)(=O)c2ccc(Cl)cc2)cc1. The Bertz CT molecular complexity index is 1030. The largest absolute Gasteiger partial charge is 0.271 e. The first kappa shape index (κ1) is 22.5. The van der Waals surface area contributed by atoms with Crippen molar-refractivity contribution < 1.29 is 13.2 Å². The fraction of sp³-hybridized carbons (Fsp3) is 0.364.